The van der Waals surface area contributed by atoms with Gasteiger partial charge in [-0.3, -0.25) is 0 Å². The van der Waals surface area contributed by atoms with Gasteiger partial charge in [0.05, 0.1) is 12.6 Å². The fourth-order valence-corrected chi connectivity index (χ4v) is 0.381. The zero-order valence-electron chi connectivity index (χ0n) is 3.68. The summed E-state index contributed by atoms with van der Waals surface area (Å²) in [6.45, 7) is 0.622. The summed E-state index contributed by atoms with van der Waals surface area (Å²) < 4.78 is 0. The van der Waals surface area contributed by atoms with Crippen molar-refractivity contribution < 1.29 is 0 Å². The van der Waals surface area contributed by atoms with Gasteiger partial charge in [-0.1, -0.05) is 0 Å². The first-order valence-corrected chi connectivity index (χ1v) is 2.01. The fraction of sp³-hybridized carbons (Fsp3) is 0.500. The van der Waals surface area contributed by atoms with Gasteiger partial charge in [0.15, 0.2) is 0 Å². The number of nitrogens with zero attached hydrogens (tertiary/aromatic N) is 2. The molecule has 3 nitrogen and oxygen atoms in total. The van der Waals surface area contributed by atoms with E-state index in [0.717, 1.165) is 0 Å². The van der Waals surface area contributed by atoms with E-state index in [0.29, 0.717) is 6.54 Å². The maximum atomic E-state index is 8.15. The molecule has 1 aliphatic heterocycles. The molecule has 1 atom stereocenters. The number of nitriles is 1. The monoisotopic (exact) mass is 94.0 g/mol. The summed E-state index contributed by atoms with van der Waals surface area (Å²) in [4.78, 5) is 0. The van der Waals surface area contributed by atoms with Crippen molar-refractivity contribution in [2.75, 3.05) is 6.54 Å². The van der Waals surface area contributed by atoms with Crippen molar-refractivity contribution in [1.29, 1.82) is 5.26 Å². The van der Waals surface area contributed by atoms with Crippen LogP contribution >= 0.6 is 0 Å². The van der Waals surface area contributed by atoms with E-state index in [9.17, 15) is 0 Å². The standard InChI is InChI=1S/C4H4N3/c5-1-4-2-6-7-3-4/h4,6H,2H2. The quantitative estimate of drug-likeness (QED) is 0.443. The van der Waals surface area contributed by atoms with Crippen molar-refractivity contribution in [3.8, 4) is 6.07 Å². The maximum absolute atomic E-state index is 8.15. The molecular formula is C4H4N3. The van der Waals surface area contributed by atoms with Crippen molar-refractivity contribution in [2.24, 2.45) is 11.0 Å². The fourth-order valence-electron chi connectivity index (χ4n) is 0.381. The molecule has 0 saturated carbocycles. The lowest BCUT2D eigenvalue weighted by Crippen LogP contribution is -2.06. The Labute approximate surface area is 41.6 Å². The van der Waals surface area contributed by atoms with Crippen LogP contribution in [0.3, 0.4) is 0 Å². The molecule has 1 unspecified atom stereocenters. The highest BCUT2D eigenvalue weighted by Gasteiger charge is 2.07. The van der Waals surface area contributed by atoms with Gasteiger partial charge < -0.3 is 5.43 Å². The lowest BCUT2D eigenvalue weighted by atomic mass is 10.2. The summed E-state index contributed by atoms with van der Waals surface area (Å²) in [6.07, 6.45) is 2.56. The van der Waals surface area contributed by atoms with Gasteiger partial charge in [-0.15, -0.1) is 0 Å². The molecule has 3 heteroatoms. The van der Waals surface area contributed by atoms with E-state index in [1.807, 2.05) is 6.07 Å². The van der Waals surface area contributed by atoms with Gasteiger partial charge in [0.25, 0.3) is 0 Å². The zero-order valence-corrected chi connectivity index (χ0v) is 3.68. The summed E-state index contributed by atoms with van der Waals surface area (Å²) in [5.74, 6) is -0.125. The molecule has 0 aliphatic carbocycles. The summed E-state index contributed by atoms with van der Waals surface area (Å²) in [5, 5.41) is 11.7. The van der Waals surface area contributed by atoms with E-state index < -0.39 is 0 Å². The third-order valence-corrected chi connectivity index (χ3v) is 0.751. The molecular weight excluding hydrogens is 90.1 g/mol. The Morgan fingerprint density at radius 3 is 3.14 bits per heavy atom. The third kappa shape index (κ3) is 0.686. The second-order valence-corrected chi connectivity index (χ2v) is 1.28. The summed E-state index contributed by atoms with van der Waals surface area (Å²) in [6, 6.07) is 2.00. The number of rotatable bonds is 0. The topological polar surface area (TPSA) is 48.2 Å². The van der Waals surface area contributed by atoms with Crippen LogP contribution in [0.5, 0.6) is 0 Å². The van der Waals surface area contributed by atoms with Crippen LogP contribution in [0.15, 0.2) is 5.10 Å². The van der Waals surface area contributed by atoms with E-state index in [1.165, 1.54) is 0 Å². The number of hydrogen-bond donors (Lipinski definition) is 1. The molecule has 1 aliphatic rings. The van der Waals surface area contributed by atoms with Gasteiger partial charge in [0.1, 0.15) is 12.1 Å². The number of hydrogen-bond acceptors (Lipinski definition) is 3. The minimum atomic E-state index is -0.125. The Morgan fingerprint density at radius 1 is 2.00 bits per heavy atom. The van der Waals surface area contributed by atoms with E-state index in [2.05, 4.69) is 16.7 Å². The lowest BCUT2D eigenvalue weighted by molar-refractivity contribution is 0.756. The minimum Gasteiger partial charge on any atom is -0.308 e. The second kappa shape index (κ2) is 1.61. The molecule has 1 rings (SSSR count). The Kier molecular flexibility index (Phi) is 0.947. The van der Waals surface area contributed by atoms with Crippen LogP contribution in [-0.4, -0.2) is 12.8 Å². The first-order chi connectivity index (χ1) is 3.43. The SMILES string of the molecule is N#CC1[C]=NNC1. The molecule has 7 heavy (non-hydrogen) atoms. The third-order valence-electron chi connectivity index (χ3n) is 0.751. The van der Waals surface area contributed by atoms with Gasteiger partial charge in [-0.05, 0) is 0 Å². The number of hydrazone groups is 1. The molecule has 0 spiro atoms. The normalized spacial score (nSPS) is 26.4. The van der Waals surface area contributed by atoms with Crippen LogP contribution in [0.4, 0.5) is 0 Å². The number of nitrogens with one attached hydrogen (secondary N) is 1. The Bertz CT molecular complexity index is 121. The van der Waals surface area contributed by atoms with Gasteiger partial charge in [-0.25, -0.2) is 0 Å². The van der Waals surface area contributed by atoms with Gasteiger partial charge >= 0.3 is 0 Å². The van der Waals surface area contributed by atoms with Crippen molar-refractivity contribution >= 4 is 6.21 Å². The van der Waals surface area contributed by atoms with Crippen LogP contribution in [-0.2, 0) is 0 Å². The largest absolute Gasteiger partial charge is 0.308 e. The molecule has 0 aromatic heterocycles. The van der Waals surface area contributed by atoms with Crippen molar-refractivity contribution in [2.45, 2.75) is 0 Å². The van der Waals surface area contributed by atoms with E-state index in [1.54, 1.807) is 0 Å². The smallest absolute Gasteiger partial charge is 0.111 e. The van der Waals surface area contributed by atoms with Gasteiger partial charge in [0, 0.05) is 0 Å². The predicted octanol–water partition coefficient (Wildman–Crippen LogP) is -0.408. The first-order valence-electron chi connectivity index (χ1n) is 2.01. The summed E-state index contributed by atoms with van der Waals surface area (Å²) in [7, 11) is 0. The molecule has 1 radical (unpaired) electrons. The van der Waals surface area contributed by atoms with Gasteiger partial charge in [-0.2, -0.15) is 10.4 Å². The molecule has 0 fully saturated rings. The first kappa shape index (κ1) is 4.13. The Hall–Kier alpha value is -1.04. The average Bonchev–Trinajstić information content (AvgIpc) is 2.14. The maximum Gasteiger partial charge on any atom is 0.111 e. The molecule has 0 amide bonds. The van der Waals surface area contributed by atoms with Crippen LogP contribution in [0.1, 0.15) is 0 Å². The average molecular weight is 94.1 g/mol. The van der Waals surface area contributed by atoms with E-state index in [-0.39, 0.29) is 5.92 Å². The highest BCUT2D eigenvalue weighted by atomic mass is 15.3. The molecule has 0 aromatic rings. The van der Waals surface area contributed by atoms with Crippen LogP contribution in [0, 0.1) is 17.2 Å². The zero-order chi connectivity index (χ0) is 5.11. The van der Waals surface area contributed by atoms with Crippen LogP contribution in [0.2, 0.25) is 0 Å². The molecule has 0 bridgehead atoms. The van der Waals surface area contributed by atoms with E-state index >= 15 is 0 Å². The minimum absolute atomic E-state index is 0.125. The summed E-state index contributed by atoms with van der Waals surface area (Å²) in [5.41, 5.74) is 2.61. The van der Waals surface area contributed by atoms with Crippen molar-refractivity contribution in [3.05, 3.63) is 0 Å². The van der Waals surface area contributed by atoms with Crippen LogP contribution in [0.25, 0.3) is 0 Å². The highest BCUT2D eigenvalue weighted by molar-refractivity contribution is 5.65. The molecule has 0 aromatic carbocycles. The molecule has 1 heterocycles. The lowest BCUT2D eigenvalue weighted by Gasteiger charge is -1.84. The van der Waals surface area contributed by atoms with Gasteiger partial charge in [0.2, 0.25) is 0 Å². The van der Waals surface area contributed by atoms with Crippen molar-refractivity contribution in [3.63, 3.8) is 0 Å². The van der Waals surface area contributed by atoms with E-state index in [4.69, 9.17) is 5.26 Å². The molecule has 1 N–H and O–H groups in total. The Morgan fingerprint density at radius 2 is 2.86 bits per heavy atom. The highest BCUT2D eigenvalue weighted by Crippen LogP contribution is 1.91. The molecule has 0 saturated heterocycles. The van der Waals surface area contributed by atoms with Crippen LogP contribution < -0.4 is 5.43 Å². The molecule has 35 valence electrons. The van der Waals surface area contributed by atoms with Crippen molar-refractivity contribution in [1.82, 2.24) is 5.43 Å². The summed E-state index contributed by atoms with van der Waals surface area (Å²) >= 11 is 0. The Balaban J connectivity index is 2.47. The predicted molar refractivity (Wildman–Crippen MR) is 24.5 cm³/mol. The second-order valence-electron chi connectivity index (χ2n) is 1.28.